The third kappa shape index (κ3) is 3.82. The third-order valence-corrected chi connectivity index (χ3v) is 3.46. The molecule has 0 saturated carbocycles. The van der Waals surface area contributed by atoms with Gasteiger partial charge in [0, 0.05) is 5.56 Å². The minimum absolute atomic E-state index is 0.117. The predicted octanol–water partition coefficient (Wildman–Crippen LogP) is 3.86. The summed E-state index contributed by atoms with van der Waals surface area (Å²) in [6, 6.07) is 14.4. The summed E-state index contributed by atoms with van der Waals surface area (Å²) < 4.78 is 32.2. The molecule has 0 unspecified atom stereocenters. The van der Waals surface area contributed by atoms with E-state index >= 15 is 0 Å². The lowest BCUT2D eigenvalue weighted by atomic mass is 10.1. The van der Waals surface area contributed by atoms with Gasteiger partial charge in [-0.05, 0) is 54.6 Å². The fraction of sp³-hybridized carbons (Fsp3) is 0. The van der Waals surface area contributed by atoms with Crippen molar-refractivity contribution < 1.29 is 18.0 Å². The lowest BCUT2D eigenvalue weighted by molar-refractivity contribution is 0.0951. The second kappa shape index (κ2) is 7.40. The number of benzene rings is 2. The van der Waals surface area contributed by atoms with E-state index in [4.69, 9.17) is 9.68 Å². The molecule has 7 heteroatoms. The second-order valence-electron chi connectivity index (χ2n) is 5.21. The molecule has 26 heavy (non-hydrogen) atoms. The minimum atomic E-state index is -0.812. The maximum atomic E-state index is 13.7. The summed E-state index contributed by atoms with van der Waals surface area (Å²) in [6.45, 7) is 0. The Morgan fingerprint density at radius 1 is 1.12 bits per heavy atom. The fourth-order valence-corrected chi connectivity index (χ4v) is 2.18. The van der Waals surface area contributed by atoms with Crippen LogP contribution in [0.25, 0.3) is 11.3 Å². The van der Waals surface area contributed by atoms with Gasteiger partial charge in [-0.2, -0.15) is 10.4 Å². The van der Waals surface area contributed by atoms with Crippen LogP contribution in [0.1, 0.15) is 21.7 Å². The SMILES string of the molecule is N#Cc1ccc(C(=O)N/N=C\c2ccc(-c3ccc(F)cc3)o2)c(F)c1. The molecule has 0 bridgehead atoms. The first kappa shape index (κ1) is 17.0. The Morgan fingerprint density at radius 2 is 1.88 bits per heavy atom. The zero-order chi connectivity index (χ0) is 18.5. The molecule has 1 amide bonds. The zero-order valence-electron chi connectivity index (χ0n) is 13.2. The van der Waals surface area contributed by atoms with Gasteiger partial charge >= 0.3 is 0 Å². The van der Waals surface area contributed by atoms with Gasteiger partial charge in [-0.1, -0.05) is 0 Å². The van der Waals surface area contributed by atoms with Crippen molar-refractivity contribution in [1.29, 1.82) is 5.26 Å². The first-order valence-electron chi connectivity index (χ1n) is 7.45. The normalized spacial score (nSPS) is 10.7. The van der Waals surface area contributed by atoms with E-state index < -0.39 is 11.7 Å². The second-order valence-corrected chi connectivity index (χ2v) is 5.21. The van der Waals surface area contributed by atoms with Crippen LogP contribution >= 0.6 is 0 Å². The topological polar surface area (TPSA) is 78.4 Å². The Bertz CT molecular complexity index is 1020. The summed E-state index contributed by atoms with van der Waals surface area (Å²) in [5.41, 5.74) is 2.76. The van der Waals surface area contributed by atoms with Crippen LogP contribution in [0.3, 0.4) is 0 Å². The standard InChI is InChI=1S/C19H11F2N3O2/c20-14-4-2-13(3-5-14)18-8-6-15(26-18)11-23-24-19(25)16-7-1-12(10-22)9-17(16)21/h1-9,11H,(H,24,25)/b23-11-. The van der Waals surface area contributed by atoms with Crippen molar-refractivity contribution >= 4 is 12.1 Å². The zero-order valence-corrected chi connectivity index (χ0v) is 13.2. The van der Waals surface area contributed by atoms with E-state index in [1.807, 2.05) is 0 Å². The first-order chi connectivity index (χ1) is 12.6. The van der Waals surface area contributed by atoms with E-state index in [2.05, 4.69) is 10.5 Å². The van der Waals surface area contributed by atoms with Crippen molar-refractivity contribution in [3.05, 3.63) is 83.1 Å². The minimum Gasteiger partial charge on any atom is -0.455 e. The van der Waals surface area contributed by atoms with Gasteiger partial charge in [0.15, 0.2) is 0 Å². The summed E-state index contributed by atoms with van der Waals surface area (Å²) in [7, 11) is 0. The van der Waals surface area contributed by atoms with Gasteiger partial charge in [-0.25, -0.2) is 14.2 Å². The number of halogens is 2. The third-order valence-electron chi connectivity index (χ3n) is 3.46. The lowest BCUT2D eigenvalue weighted by Gasteiger charge is -2.01. The van der Waals surface area contributed by atoms with E-state index in [-0.39, 0.29) is 16.9 Å². The molecular formula is C19H11F2N3O2. The van der Waals surface area contributed by atoms with Crippen LogP contribution in [-0.2, 0) is 0 Å². The molecule has 0 aliphatic rings. The van der Waals surface area contributed by atoms with Crippen LogP contribution < -0.4 is 5.43 Å². The molecule has 0 saturated heterocycles. The smallest absolute Gasteiger partial charge is 0.274 e. The van der Waals surface area contributed by atoms with Crippen molar-refractivity contribution in [2.24, 2.45) is 5.10 Å². The molecule has 128 valence electrons. The average Bonchev–Trinajstić information content (AvgIpc) is 3.11. The number of furan rings is 1. The van der Waals surface area contributed by atoms with Gasteiger partial charge in [-0.3, -0.25) is 4.79 Å². The maximum Gasteiger partial charge on any atom is 0.274 e. The van der Waals surface area contributed by atoms with Crippen molar-refractivity contribution in [2.75, 3.05) is 0 Å². The Kier molecular flexibility index (Phi) is 4.85. The Morgan fingerprint density at radius 3 is 2.58 bits per heavy atom. The molecule has 0 aliphatic carbocycles. The maximum absolute atomic E-state index is 13.7. The highest BCUT2D eigenvalue weighted by atomic mass is 19.1. The fourth-order valence-electron chi connectivity index (χ4n) is 2.18. The number of amides is 1. The number of hydrogen-bond donors (Lipinski definition) is 1. The van der Waals surface area contributed by atoms with Gasteiger partial charge in [0.2, 0.25) is 0 Å². The molecule has 1 heterocycles. The van der Waals surface area contributed by atoms with Crippen LogP contribution in [0.4, 0.5) is 8.78 Å². The molecular weight excluding hydrogens is 340 g/mol. The highest BCUT2D eigenvalue weighted by molar-refractivity contribution is 5.95. The van der Waals surface area contributed by atoms with Crippen molar-refractivity contribution in [3.8, 4) is 17.4 Å². The quantitative estimate of drug-likeness (QED) is 0.573. The number of hydrazone groups is 1. The molecule has 0 radical (unpaired) electrons. The van der Waals surface area contributed by atoms with E-state index in [9.17, 15) is 13.6 Å². The summed E-state index contributed by atoms with van der Waals surface area (Å²) in [5.74, 6) is -1.05. The highest BCUT2D eigenvalue weighted by Gasteiger charge is 2.11. The summed E-state index contributed by atoms with van der Waals surface area (Å²) in [6.07, 6.45) is 1.26. The Labute approximate surface area is 147 Å². The molecule has 3 rings (SSSR count). The van der Waals surface area contributed by atoms with Crippen LogP contribution in [0.5, 0.6) is 0 Å². The highest BCUT2D eigenvalue weighted by Crippen LogP contribution is 2.21. The van der Waals surface area contributed by atoms with Crippen molar-refractivity contribution in [2.45, 2.75) is 0 Å². The van der Waals surface area contributed by atoms with Crippen molar-refractivity contribution in [3.63, 3.8) is 0 Å². The molecule has 5 nitrogen and oxygen atoms in total. The van der Waals surface area contributed by atoms with Gasteiger partial charge in [-0.15, -0.1) is 0 Å². The molecule has 3 aromatic rings. The van der Waals surface area contributed by atoms with Crippen LogP contribution in [-0.4, -0.2) is 12.1 Å². The predicted molar refractivity (Wildman–Crippen MR) is 90.3 cm³/mol. The number of nitrogens with one attached hydrogen (secondary N) is 1. The van der Waals surface area contributed by atoms with Crippen LogP contribution in [0.15, 0.2) is 64.1 Å². The van der Waals surface area contributed by atoms with Crippen LogP contribution in [0.2, 0.25) is 0 Å². The summed E-state index contributed by atoms with van der Waals surface area (Å²) in [4.78, 5) is 11.9. The largest absolute Gasteiger partial charge is 0.455 e. The van der Waals surface area contributed by atoms with Gasteiger partial charge < -0.3 is 4.42 Å². The van der Waals surface area contributed by atoms with Crippen LogP contribution in [0, 0.1) is 23.0 Å². The van der Waals surface area contributed by atoms with Crippen molar-refractivity contribution in [1.82, 2.24) is 5.43 Å². The Balaban J connectivity index is 1.66. The molecule has 0 spiro atoms. The number of carbonyl (C=O) groups excluding carboxylic acids is 1. The number of hydrogen-bond acceptors (Lipinski definition) is 4. The van der Waals surface area contributed by atoms with E-state index in [1.54, 1.807) is 30.3 Å². The molecule has 2 aromatic carbocycles. The number of rotatable bonds is 4. The summed E-state index contributed by atoms with van der Waals surface area (Å²) >= 11 is 0. The molecule has 1 aromatic heterocycles. The molecule has 0 fully saturated rings. The molecule has 0 aliphatic heterocycles. The summed E-state index contributed by atoms with van der Waals surface area (Å²) in [5, 5.41) is 12.4. The average molecular weight is 351 g/mol. The van der Waals surface area contributed by atoms with E-state index in [0.29, 0.717) is 17.1 Å². The molecule has 1 N–H and O–H groups in total. The number of carbonyl (C=O) groups is 1. The number of nitriles is 1. The van der Waals surface area contributed by atoms with E-state index in [0.717, 1.165) is 6.07 Å². The van der Waals surface area contributed by atoms with Gasteiger partial charge in [0.25, 0.3) is 5.91 Å². The Hall–Kier alpha value is -3.79. The number of nitrogens with zero attached hydrogens (tertiary/aromatic N) is 2. The monoisotopic (exact) mass is 351 g/mol. The lowest BCUT2D eigenvalue weighted by Crippen LogP contribution is -2.19. The van der Waals surface area contributed by atoms with E-state index in [1.165, 1.54) is 30.5 Å². The van der Waals surface area contributed by atoms with Gasteiger partial charge in [0.1, 0.15) is 23.2 Å². The first-order valence-corrected chi connectivity index (χ1v) is 7.45. The van der Waals surface area contributed by atoms with Gasteiger partial charge in [0.05, 0.1) is 23.4 Å². The molecule has 0 atom stereocenters.